The van der Waals surface area contributed by atoms with Crippen LogP contribution < -0.4 is 0 Å². The van der Waals surface area contributed by atoms with Gasteiger partial charge in [-0.3, -0.25) is 14.4 Å². The van der Waals surface area contributed by atoms with Gasteiger partial charge in [0.05, 0.1) is 0 Å². The zero-order valence-corrected chi connectivity index (χ0v) is 43.4. The third-order valence-corrected chi connectivity index (χ3v) is 11.4. The Morgan fingerprint density at radius 2 is 0.657 bits per heavy atom. The van der Waals surface area contributed by atoms with E-state index in [0.29, 0.717) is 19.3 Å². The Balaban J connectivity index is 4.53. The van der Waals surface area contributed by atoms with Crippen molar-refractivity contribution in [2.45, 2.75) is 245 Å². The molecule has 0 N–H and O–H groups in total. The molecule has 0 aliphatic heterocycles. The molecule has 0 amide bonds. The van der Waals surface area contributed by atoms with Crippen molar-refractivity contribution in [3.05, 3.63) is 109 Å². The first-order valence-electron chi connectivity index (χ1n) is 27.5. The van der Waals surface area contributed by atoms with Gasteiger partial charge in [0.1, 0.15) is 13.2 Å². The third kappa shape index (κ3) is 52.9. The fourth-order valence-electron chi connectivity index (χ4n) is 7.25. The van der Waals surface area contributed by atoms with E-state index in [0.717, 1.165) is 51.4 Å². The van der Waals surface area contributed by atoms with Crippen LogP contribution in [-0.4, -0.2) is 37.2 Å². The molecule has 0 aromatic carbocycles. The molecule has 1 atom stereocenters. The van der Waals surface area contributed by atoms with Crippen molar-refractivity contribution in [2.24, 2.45) is 0 Å². The number of hydrogen-bond acceptors (Lipinski definition) is 6. The second-order valence-electron chi connectivity index (χ2n) is 17.9. The number of rotatable bonds is 48. The average Bonchev–Trinajstić information content (AvgIpc) is 3.33. The van der Waals surface area contributed by atoms with E-state index < -0.39 is 6.10 Å². The van der Waals surface area contributed by atoms with Gasteiger partial charge in [-0.2, -0.15) is 0 Å². The minimum atomic E-state index is -0.837. The van der Waals surface area contributed by atoms with Gasteiger partial charge in [0.15, 0.2) is 6.10 Å². The number of unbranched alkanes of at least 4 members (excludes halogenated alkanes) is 23. The lowest BCUT2D eigenvalue weighted by molar-refractivity contribution is -0.167. The summed E-state index contributed by atoms with van der Waals surface area (Å²) in [6, 6.07) is 0. The van der Waals surface area contributed by atoms with Crippen molar-refractivity contribution in [2.75, 3.05) is 13.2 Å². The number of esters is 3. The van der Waals surface area contributed by atoms with E-state index in [-0.39, 0.29) is 44.0 Å². The topological polar surface area (TPSA) is 78.9 Å². The van der Waals surface area contributed by atoms with Crippen molar-refractivity contribution >= 4 is 17.9 Å². The summed E-state index contributed by atoms with van der Waals surface area (Å²) < 4.78 is 16.7. The summed E-state index contributed by atoms with van der Waals surface area (Å²) in [5.74, 6) is -1.06. The summed E-state index contributed by atoms with van der Waals surface area (Å²) in [6.45, 7) is 6.37. The van der Waals surface area contributed by atoms with E-state index in [4.69, 9.17) is 14.2 Å². The quantitative estimate of drug-likeness (QED) is 0.0199. The smallest absolute Gasteiger partial charge is 0.306 e. The molecule has 380 valence electrons. The van der Waals surface area contributed by atoms with Crippen molar-refractivity contribution in [3.63, 3.8) is 0 Å². The van der Waals surface area contributed by atoms with Gasteiger partial charge in [-0.1, -0.05) is 239 Å². The Kier molecular flexibility index (Phi) is 51.5. The lowest BCUT2D eigenvalue weighted by Gasteiger charge is -2.18. The predicted octanol–water partition coefficient (Wildman–Crippen LogP) is 18.3. The average molecular weight is 929 g/mol. The molecule has 6 heteroatoms. The van der Waals surface area contributed by atoms with Crippen molar-refractivity contribution in [3.8, 4) is 0 Å². The lowest BCUT2D eigenvalue weighted by atomic mass is 10.1. The molecule has 0 saturated heterocycles. The van der Waals surface area contributed by atoms with E-state index in [2.05, 4.69) is 75.5 Å². The first kappa shape index (κ1) is 63.1. The summed E-state index contributed by atoms with van der Waals surface area (Å²) in [6.07, 6.45) is 73.8. The van der Waals surface area contributed by atoms with Crippen LogP contribution in [0.3, 0.4) is 0 Å². The van der Waals surface area contributed by atoms with E-state index in [1.54, 1.807) is 0 Å². The maximum Gasteiger partial charge on any atom is 0.306 e. The largest absolute Gasteiger partial charge is 0.462 e. The highest BCUT2D eigenvalue weighted by atomic mass is 16.6. The van der Waals surface area contributed by atoms with Gasteiger partial charge in [-0.25, -0.2) is 0 Å². The molecular formula is C61H100O6. The Bertz CT molecular complexity index is 1390. The van der Waals surface area contributed by atoms with Gasteiger partial charge in [0.2, 0.25) is 0 Å². The lowest BCUT2D eigenvalue weighted by Crippen LogP contribution is -2.30. The number of carbonyl (C=O) groups is 3. The van der Waals surface area contributed by atoms with Crippen molar-refractivity contribution in [1.29, 1.82) is 0 Å². The molecule has 0 spiro atoms. The highest BCUT2D eigenvalue weighted by Gasteiger charge is 2.19. The molecule has 0 saturated carbocycles. The van der Waals surface area contributed by atoms with Crippen molar-refractivity contribution < 1.29 is 28.6 Å². The zero-order valence-electron chi connectivity index (χ0n) is 43.4. The van der Waals surface area contributed by atoms with Gasteiger partial charge in [-0.15, -0.1) is 0 Å². The maximum atomic E-state index is 12.8. The minimum absolute atomic E-state index is 0.124. The molecule has 0 heterocycles. The molecule has 0 aliphatic carbocycles. The monoisotopic (exact) mass is 929 g/mol. The fraction of sp³-hybridized carbons (Fsp3) is 0.656. The molecule has 1 unspecified atom stereocenters. The number of ether oxygens (including phenoxy) is 3. The SMILES string of the molecule is CC\C=C/C=C\C=C/C=C\C=C/CCCC(=O)OCC(COC(=O)CCCCCCCCC/C=C\CCCCCCCCCC)OC(=O)CCC/C=C\C/C=C\C/C=C\CCCCCCCC. The molecule has 0 aromatic rings. The summed E-state index contributed by atoms with van der Waals surface area (Å²) in [4.78, 5) is 38.0. The molecule has 0 rings (SSSR count). The van der Waals surface area contributed by atoms with E-state index >= 15 is 0 Å². The van der Waals surface area contributed by atoms with Gasteiger partial charge in [0.25, 0.3) is 0 Å². The van der Waals surface area contributed by atoms with Crippen LogP contribution in [0.1, 0.15) is 239 Å². The normalized spacial score (nSPS) is 12.9. The van der Waals surface area contributed by atoms with Crippen molar-refractivity contribution in [1.82, 2.24) is 0 Å². The Labute approximate surface area is 412 Å². The minimum Gasteiger partial charge on any atom is -0.462 e. The van der Waals surface area contributed by atoms with Crippen LogP contribution in [0.5, 0.6) is 0 Å². The standard InChI is InChI=1S/C61H100O6/c1-4-7-10-13-16-19-22-25-27-29-30-32-33-36-39-42-45-48-51-54-60(63)66-57-58(56-65-59(62)53-50-47-44-41-38-35-24-21-18-15-12-9-6-3)67-61(64)55-52-49-46-43-40-37-34-31-28-26-23-20-17-14-11-8-5-2/h9,12,15,18,21,24,26,28-30,34-35,37-38,41,43-44,46,58H,4-8,10-11,13-14,16-17,19-20,22-23,25,27,31-33,36,39-40,42,45,47-57H2,1-3H3/b12-9-,18-15-,24-21-,28-26-,30-29-,37-34-,38-35-,44-41-,46-43-. The maximum absolute atomic E-state index is 12.8. The fourth-order valence-corrected chi connectivity index (χ4v) is 7.25. The second kappa shape index (κ2) is 54.7. The number of hydrogen-bond donors (Lipinski definition) is 0. The van der Waals surface area contributed by atoms with Gasteiger partial charge in [0, 0.05) is 19.3 Å². The van der Waals surface area contributed by atoms with Gasteiger partial charge >= 0.3 is 17.9 Å². The van der Waals surface area contributed by atoms with Crippen LogP contribution in [0, 0.1) is 0 Å². The highest BCUT2D eigenvalue weighted by molar-refractivity contribution is 5.71. The van der Waals surface area contributed by atoms with Crippen LogP contribution in [0.25, 0.3) is 0 Å². The zero-order chi connectivity index (χ0) is 48.6. The highest BCUT2D eigenvalue weighted by Crippen LogP contribution is 2.14. The summed E-state index contributed by atoms with van der Waals surface area (Å²) in [7, 11) is 0. The third-order valence-electron chi connectivity index (χ3n) is 11.4. The Morgan fingerprint density at radius 3 is 1.12 bits per heavy atom. The number of carbonyl (C=O) groups excluding carboxylic acids is 3. The molecule has 6 nitrogen and oxygen atoms in total. The van der Waals surface area contributed by atoms with Crippen LogP contribution >= 0.6 is 0 Å². The molecule has 0 fully saturated rings. The first-order valence-corrected chi connectivity index (χ1v) is 27.5. The predicted molar refractivity (Wildman–Crippen MR) is 288 cm³/mol. The van der Waals surface area contributed by atoms with E-state index in [1.807, 2.05) is 54.7 Å². The second-order valence-corrected chi connectivity index (χ2v) is 17.9. The molecular weight excluding hydrogens is 829 g/mol. The summed E-state index contributed by atoms with van der Waals surface area (Å²) in [5, 5.41) is 0. The molecule has 0 bridgehead atoms. The molecule has 0 radical (unpaired) electrons. The van der Waals surface area contributed by atoms with Crippen LogP contribution in [-0.2, 0) is 28.6 Å². The van der Waals surface area contributed by atoms with Crippen LogP contribution in [0.15, 0.2) is 109 Å². The summed E-state index contributed by atoms with van der Waals surface area (Å²) in [5.41, 5.74) is 0. The number of allylic oxidation sites excluding steroid dienone is 18. The van der Waals surface area contributed by atoms with Crippen LogP contribution in [0.2, 0.25) is 0 Å². The van der Waals surface area contributed by atoms with E-state index in [9.17, 15) is 14.4 Å². The summed E-state index contributed by atoms with van der Waals surface area (Å²) >= 11 is 0. The molecule has 67 heavy (non-hydrogen) atoms. The van der Waals surface area contributed by atoms with E-state index in [1.165, 1.54) is 135 Å². The molecule has 0 aromatic heterocycles. The van der Waals surface area contributed by atoms with Gasteiger partial charge in [-0.05, 0) is 89.9 Å². The Morgan fingerprint density at radius 1 is 0.328 bits per heavy atom. The van der Waals surface area contributed by atoms with Crippen LogP contribution in [0.4, 0.5) is 0 Å². The van der Waals surface area contributed by atoms with Gasteiger partial charge < -0.3 is 14.2 Å². The first-order chi connectivity index (χ1) is 33.0. The Hall–Kier alpha value is -3.93. The molecule has 0 aliphatic rings.